The molecule has 1 saturated heterocycles. The molecular weight excluding hydrogens is 610 g/mol. The highest BCUT2D eigenvalue weighted by atomic mass is 19.4. The number of alkyl halides is 6. The van der Waals surface area contributed by atoms with E-state index < -0.39 is 24.3 Å². The molecule has 2 aromatic carbocycles. The standard InChI is InChI=1S/C23H25F2N5.2C2HF3O2/c1-28-15-21-26-27-22(18-4-8-20(25)9-5-18)30(21)23(16-28)10-12-29(13-11-23)14-17-2-6-19(24)7-3-17;2*3-2(4,5)1(6)7/h2-9H,10-16H2,1H3;2*(H,6,7). The van der Waals surface area contributed by atoms with E-state index in [1.807, 2.05) is 12.1 Å². The number of aliphatic carboxylic acids is 2. The van der Waals surface area contributed by atoms with E-state index in [1.54, 1.807) is 12.1 Å². The van der Waals surface area contributed by atoms with Crippen molar-refractivity contribution in [3.63, 3.8) is 0 Å². The number of carboxylic acids is 2. The van der Waals surface area contributed by atoms with Crippen LogP contribution >= 0.6 is 0 Å². The van der Waals surface area contributed by atoms with Gasteiger partial charge in [-0.25, -0.2) is 18.4 Å². The fourth-order valence-electron chi connectivity index (χ4n) is 4.93. The van der Waals surface area contributed by atoms with Gasteiger partial charge in [0.2, 0.25) is 0 Å². The Kier molecular flexibility index (Phi) is 10.7. The van der Waals surface area contributed by atoms with Crippen LogP contribution in [0, 0.1) is 11.6 Å². The van der Waals surface area contributed by atoms with Gasteiger partial charge in [0.25, 0.3) is 0 Å². The van der Waals surface area contributed by atoms with Gasteiger partial charge in [-0.1, -0.05) is 12.1 Å². The SMILES string of the molecule is CN1Cc2nnc(-c3ccc(F)cc3)n2C2(CCN(Cc3ccc(F)cc3)CC2)C1.O=C(O)C(F)(F)F.O=C(O)C(F)(F)F. The molecular formula is C27H27F8N5O4. The molecule has 0 aliphatic carbocycles. The summed E-state index contributed by atoms with van der Waals surface area (Å²) in [6.07, 6.45) is -8.20. The molecule has 0 radical (unpaired) electrons. The summed E-state index contributed by atoms with van der Waals surface area (Å²) < 4.78 is 92.4. The van der Waals surface area contributed by atoms with Crippen LogP contribution in [0.4, 0.5) is 35.1 Å². The van der Waals surface area contributed by atoms with E-state index in [1.165, 1.54) is 24.3 Å². The number of likely N-dealkylation sites (N-methyl/N-ethyl adjacent to an activating group) is 1. The second-order valence-electron chi connectivity index (χ2n) is 10.2. The number of benzene rings is 2. The van der Waals surface area contributed by atoms with Crippen LogP contribution in [-0.2, 0) is 28.2 Å². The lowest BCUT2D eigenvalue weighted by molar-refractivity contribution is -0.193. The quantitative estimate of drug-likeness (QED) is 0.390. The molecule has 44 heavy (non-hydrogen) atoms. The molecule has 0 bridgehead atoms. The van der Waals surface area contributed by atoms with Crippen LogP contribution in [-0.4, -0.2) is 85.8 Å². The smallest absolute Gasteiger partial charge is 0.475 e. The lowest BCUT2D eigenvalue weighted by atomic mass is 9.84. The second-order valence-corrected chi connectivity index (χ2v) is 10.2. The van der Waals surface area contributed by atoms with Crippen molar-refractivity contribution in [2.45, 2.75) is 43.8 Å². The Hall–Kier alpha value is -4.12. The summed E-state index contributed by atoms with van der Waals surface area (Å²) in [5.41, 5.74) is 1.95. The molecule has 1 aromatic heterocycles. The van der Waals surface area contributed by atoms with Gasteiger partial charge in [-0.2, -0.15) is 26.3 Å². The molecule has 1 fully saturated rings. The third-order valence-electron chi connectivity index (χ3n) is 6.87. The van der Waals surface area contributed by atoms with Crippen molar-refractivity contribution in [2.24, 2.45) is 0 Å². The first kappa shape index (κ1) is 34.4. The van der Waals surface area contributed by atoms with Gasteiger partial charge in [-0.05, 0) is 61.9 Å². The van der Waals surface area contributed by atoms with Gasteiger partial charge in [0.1, 0.15) is 17.5 Å². The van der Waals surface area contributed by atoms with Gasteiger partial charge >= 0.3 is 24.3 Å². The first-order chi connectivity index (χ1) is 20.4. The number of rotatable bonds is 3. The Morgan fingerprint density at radius 2 is 1.27 bits per heavy atom. The van der Waals surface area contributed by atoms with E-state index in [2.05, 4.69) is 31.6 Å². The highest BCUT2D eigenvalue weighted by molar-refractivity contribution is 5.73. The zero-order chi connectivity index (χ0) is 32.9. The molecule has 3 heterocycles. The van der Waals surface area contributed by atoms with E-state index in [9.17, 15) is 35.1 Å². The maximum atomic E-state index is 13.4. The zero-order valence-electron chi connectivity index (χ0n) is 23.0. The van der Waals surface area contributed by atoms with E-state index in [-0.39, 0.29) is 17.2 Å². The monoisotopic (exact) mass is 637 g/mol. The van der Waals surface area contributed by atoms with Crippen LogP contribution in [0.1, 0.15) is 24.2 Å². The number of hydrogen-bond donors (Lipinski definition) is 2. The maximum absolute atomic E-state index is 13.4. The molecule has 1 spiro atoms. The molecule has 17 heteroatoms. The van der Waals surface area contributed by atoms with Crippen molar-refractivity contribution >= 4 is 11.9 Å². The normalized spacial score (nSPS) is 16.7. The van der Waals surface area contributed by atoms with Crippen LogP contribution in [0.3, 0.4) is 0 Å². The van der Waals surface area contributed by atoms with Crippen molar-refractivity contribution in [1.29, 1.82) is 0 Å². The van der Waals surface area contributed by atoms with Gasteiger partial charge in [-0.3, -0.25) is 9.80 Å². The molecule has 5 rings (SSSR count). The third kappa shape index (κ3) is 8.95. The van der Waals surface area contributed by atoms with Crippen LogP contribution in [0.25, 0.3) is 11.4 Å². The number of halogens is 8. The molecule has 9 nitrogen and oxygen atoms in total. The lowest BCUT2D eigenvalue weighted by Crippen LogP contribution is -2.55. The number of hydrogen-bond acceptors (Lipinski definition) is 6. The van der Waals surface area contributed by atoms with Crippen LogP contribution in [0.15, 0.2) is 48.5 Å². The number of aromatic nitrogens is 3. The minimum Gasteiger partial charge on any atom is -0.475 e. The number of nitrogens with zero attached hydrogens (tertiary/aromatic N) is 5. The van der Waals surface area contributed by atoms with Gasteiger partial charge in [-0.15, -0.1) is 10.2 Å². The number of carboxylic acid groups (broad SMARTS) is 2. The second kappa shape index (κ2) is 13.7. The van der Waals surface area contributed by atoms with Crippen molar-refractivity contribution in [3.8, 4) is 11.4 Å². The average molecular weight is 638 g/mol. The zero-order valence-corrected chi connectivity index (χ0v) is 23.0. The summed E-state index contributed by atoms with van der Waals surface area (Å²) in [6.45, 7) is 4.43. The van der Waals surface area contributed by atoms with Gasteiger partial charge in [0.15, 0.2) is 5.82 Å². The fourth-order valence-corrected chi connectivity index (χ4v) is 4.93. The van der Waals surface area contributed by atoms with Crippen molar-refractivity contribution in [3.05, 3.63) is 71.6 Å². The van der Waals surface area contributed by atoms with E-state index in [0.29, 0.717) is 0 Å². The van der Waals surface area contributed by atoms with Crippen LogP contribution in [0.5, 0.6) is 0 Å². The number of piperidine rings is 1. The average Bonchev–Trinajstić information content (AvgIpc) is 3.36. The third-order valence-corrected chi connectivity index (χ3v) is 6.87. The van der Waals surface area contributed by atoms with Crippen LogP contribution in [0.2, 0.25) is 0 Å². The van der Waals surface area contributed by atoms with E-state index in [0.717, 1.165) is 68.3 Å². The van der Waals surface area contributed by atoms with Gasteiger partial charge < -0.3 is 14.8 Å². The Bertz CT molecular complexity index is 1390. The van der Waals surface area contributed by atoms with Crippen molar-refractivity contribution < 1.29 is 54.9 Å². The molecule has 0 saturated carbocycles. The molecule has 2 aliphatic rings. The Morgan fingerprint density at radius 3 is 1.73 bits per heavy atom. The lowest BCUT2D eigenvalue weighted by Gasteiger charge is -2.48. The topological polar surface area (TPSA) is 112 Å². The molecule has 3 aromatic rings. The Morgan fingerprint density at radius 1 is 0.818 bits per heavy atom. The van der Waals surface area contributed by atoms with Crippen LogP contribution < -0.4 is 0 Å². The molecule has 2 N–H and O–H groups in total. The minimum absolute atomic E-state index is 0.0746. The maximum Gasteiger partial charge on any atom is 0.490 e. The Balaban J connectivity index is 0.000000317. The molecule has 240 valence electrons. The Labute approximate surface area is 245 Å². The summed E-state index contributed by atoms with van der Waals surface area (Å²) in [5.74, 6) is -4.17. The largest absolute Gasteiger partial charge is 0.490 e. The predicted molar refractivity (Wildman–Crippen MR) is 138 cm³/mol. The van der Waals surface area contributed by atoms with Gasteiger partial charge in [0.05, 0.1) is 12.1 Å². The molecule has 0 unspecified atom stereocenters. The van der Waals surface area contributed by atoms with E-state index in [4.69, 9.17) is 19.8 Å². The van der Waals surface area contributed by atoms with E-state index >= 15 is 0 Å². The number of fused-ring (bicyclic) bond motifs is 2. The van der Waals surface area contributed by atoms with Crippen molar-refractivity contribution in [1.82, 2.24) is 24.6 Å². The summed E-state index contributed by atoms with van der Waals surface area (Å²) in [5, 5.41) is 23.2. The number of carbonyl (C=O) groups is 2. The predicted octanol–water partition coefficient (Wildman–Crippen LogP) is 4.93. The number of likely N-dealkylation sites (tertiary alicyclic amines) is 1. The van der Waals surface area contributed by atoms with Crippen molar-refractivity contribution in [2.75, 3.05) is 26.7 Å². The summed E-state index contributed by atoms with van der Waals surface area (Å²) in [6, 6.07) is 13.3. The molecule has 0 amide bonds. The minimum atomic E-state index is -5.08. The first-order valence-corrected chi connectivity index (χ1v) is 12.9. The van der Waals surface area contributed by atoms with Gasteiger partial charge in [0, 0.05) is 31.7 Å². The highest BCUT2D eigenvalue weighted by Crippen LogP contribution is 2.39. The first-order valence-electron chi connectivity index (χ1n) is 12.9. The fraction of sp³-hybridized carbons (Fsp3) is 0.407. The molecule has 2 aliphatic heterocycles. The summed E-state index contributed by atoms with van der Waals surface area (Å²) in [7, 11) is 2.13. The summed E-state index contributed by atoms with van der Waals surface area (Å²) >= 11 is 0. The molecule has 0 atom stereocenters. The highest BCUT2D eigenvalue weighted by Gasteiger charge is 2.43. The summed E-state index contributed by atoms with van der Waals surface area (Å²) in [4.78, 5) is 22.5.